The first-order valence-electron chi connectivity index (χ1n) is 16.6. The monoisotopic (exact) mass is 620 g/mol. The Kier molecular flexibility index (Phi) is 11.4. The lowest BCUT2D eigenvalue weighted by Crippen LogP contribution is -2.54. The van der Waals surface area contributed by atoms with Gasteiger partial charge in [0.1, 0.15) is 6.10 Å². The van der Waals surface area contributed by atoms with Gasteiger partial charge in [-0.15, -0.1) is 0 Å². The van der Waals surface area contributed by atoms with Gasteiger partial charge in [0.05, 0.1) is 27.1 Å². The molecule has 4 fully saturated rings. The molecule has 0 aromatic rings. The maximum atomic E-state index is 12.5. The standard InChI is InChI=1S/C34H52O10/c1-21(6-11-28(35)42-19-31(38)40-4)25-9-10-26-24-8-7-22-18-23(14-16-33(22,2)27(24)15-17-34(25,26)3)44-30(37)13-12-29(36)43-20-32(39)41-5/h21-27H,6-20H2,1-5H3. The van der Waals surface area contributed by atoms with E-state index in [0.29, 0.717) is 41.9 Å². The van der Waals surface area contributed by atoms with Crippen LogP contribution in [-0.2, 0) is 47.7 Å². The topological polar surface area (TPSA) is 132 Å². The molecule has 9 atom stereocenters. The minimum atomic E-state index is -0.639. The van der Waals surface area contributed by atoms with Gasteiger partial charge in [0, 0.05) is 6.42 Å². The second-order valence-electron chi connectivity index (χ2n) is 14.3. The largest absolute Gasteiger partial charge is 0.466 e. The van der Waals surface area contributed by atoms with Crippen LogP contribution in [0, 0.1) is 46.3 Å². The van der Waals surface area contributed by atoms with E-state index in [4.69, 9.17) is 14.2 Å². The number of ether oxygens (including phenoxy) is 5. The number of methoxy groups -OCH3 is 2. The van der Waals surface area contributed by atoms with Gasteiger partial charge >= 0.3 is 29.8 Å². The fourth-order valence-electron chi connectivity index (χ4n) is 9.84. The first-order chi connectivity index (χ1) is 20.9. The molecule has 0 aromatic heterocycles. The van der Waals surface area contributed by atoms with Gasteiger partial charge in [0.2, 0.25) is 0 Å². The molecule has 44 heavy (non-hydrogen) atoms. The summed E-state index contributed by atoms with van der Waals surface area (Å²) in [6.45, 7) is 6.50. The van der Waals surface area contributed by atoms with Gasteiger partial charge in [-0.1, -0.05) is 20.8 Å². The molecule has 0 N–H and O–H groups in total. The van der Waals surface area contributed by atoms with E-state index in [1.165, 1.54) is 46.3 Å². The summed E-state index contributed by atoms with van der Waals surface area (Å²) >= 11 is 0. The van der Waals surface area contributed by atoms with Crippen LogP contribution in [0.1, 0.15) is 104 Å². The van der Waals surface area contributed by atoms with Gasteiger partial charge in [-0.2, -0.15) is 0 Å². The van der Waals surface area contributed by atoms with Gasteiger partial charge in [-0.25, -0.2) is 9.59 Å². The van der Waals surface area contributed by atoms with Crippen molar-refractivity contribution in [3.8, 4) is 0 Å². The van der Waals surface area contributed by atoms with Gasteiger partial charge < -0.3 is 23.7 Å². The Balaban J connectivity index is 1.26. The quantitative estimate of drug-likeness (QED) is 0.212. The second-order valence-corrected chi connectivity index (χ2v) is 14.3. The average Bonchev–Trinajstić information content (AvgIpc) is 3.37. The molecule has 0 aliphatic heterocycles. The zero-order valence-corrected chi connectivity index (χ0v) is 27.2. The number of carbonyl (C=O) groups is 5. The van der Waals surface area contributed by atoms with Crippen molar-refractivity contribution in [1.82, 2.24) is 0 Å². The van der Waals surface area contributed by atoms with E-state index in [1.807, 2.05) is 0 Å². The Hall–Kier alpha value is -2.65. The number of hydrogen-bond donors (Lipinski definition) is 0. The summed E-state index contributed by atoms with van der Waals surface area (Å²) < 4.78 is 24.7. The molecule has 10 heteroatoms. The highest BCUT2D eigenvalue weighted by Crippen LogP contribution is 2.68. The van der Waals surface area contributed by atoms with Crippen molar-refractivity contribution in [2.45, 2.75) is 110 Å². The highest BCUT2D eigenvalue weighted by Gasteiger charge is 2.60. The van der Waals surface area contributed by atoms with E-state index in [1.54, 1.807) is 0 Å². The molecular formula is C34H52O10. The fourth-order valence-corrected chi connectivity index (χ4v) is 9.84. The van der Waals surface area contributed by atoms with Crippen molar-refractivity contribution >= 4 is 29.8 Å². The van der Waals surface area contributed by atoms with Crippen LogP contribution in [0.25, 0.3) is 0 Å². The molecule has 10 nitrogen and oxygen atoms in total. The average molecular weight is 621 g/mol. The van der Waals surface area contributed by atoms with Crippen LogP contribution in [0.4, 0.5) is 0 Å². The van der Waals surface area contributed by atoms with Crippen molar-refractivity contribution in [3.63, 3.8) is 0 Å². The van der Waals surface area contributed by atoms with Crippen molar-refractivity contribution in [2.75, 3.05) is 27.4 Å². The van der Waals surface area contributed by atoms with Crippen molar-refractivity contribution in [1.29, 1.82) is 0 Å². The van der Waals surface area contributed by atoms with E-state index >= 15 is 0 Å². The zero-order chi connectivity index (χ0) is 32.1. The minimum Gasteiger partial charge on any atom is -0.466 e. The molecule has 4 aliphatic carbocycles. The van der Waals surface area contributed by atoms with Crippen LogP contribution >= 0.6 is 0 Å². The lowest BCUT2D eigenvalue weighted by atomic mass is 9.44. The Morgan fingerprint density at radius 3 is 1.93 bits per heavy atom. The molecule has 0 aromatic carbocycles. The van der Waals surface area contributed by atoms with Crippen molar-refractivity contribution in [2.24, 2.45) is 46.3 Å². The fraction of sp³-hybridized carbons (Fsp3) is 0.853. The van der Waals surface area contributed by atoms with Gasteiger partial charge in [-0.3, -0.25) is 14.4 Å². The van der Waals surface area contributed by atoms with Crippen LogP contribution in [0.5, 0.6) is 0 Å². The Bertz CT molecular complexity index is 1070. The molecule has 4 rings (SSSR count). The summed E-state index contributed by atoms with van der Waals surface area (Å²) in [5.41, 5.74) is 0.530. The molecular weight excluding hydrogens is 568 g/mol. The molecule has 0 spiro atoms. The summed E-state index contributed by atoms with van der Waals surface area (Å²) in [5.74, 6) is 1.10. The summed E-state index contributed by atoms with van der Waals surface area (Å²) in [7, 11) is 2.50. The zero-order valence-electron chi connectivity index (χ0n) is 27.2. The van der Waals surface area contributed by atoms with Crippen LogP contribution < -0.4 is 0 Å². The van der Waals surface area contributed by atoms with Gasteiger partial charge in [0.15, 0.2) is 13.2 Å². The highest BCUT2D eigenvalue weighted by atomic mass is 16.6. The predicted octanol–water partition coefficient (Wildman–Crippen LogP) is 5.19. The van der Waals surface area contributed by atoms with E-state index in [0.717, 1.165) is 32.1 Å². The molecule has 9 unspecified atom stereocenters. The molecule has 248 valence electrons. The lowest BCUT2D eigenvalue weighted by Gasteiger charge is -2.61. The predicted molar refractivity (Wildman–Crippen MR) is 159 cm³/mol. The molecule has 0 radical (unpaired) electrons. The summed E-state index contributed by atoms with van der Waals surface area (Å²) in [6.07, 6.45) is 10.9. The number of carbonyl (C=O) groups excluding carboxylic acids is 5. The Morgan fingerprint density at radius 1 is 0.682 bits per heavy atom. The van der Waals surface area contributed by atoms with Crippen LogP contribution in [0.15, 0.2) is 0 Å². The minimum absolute atomic E-state index is 0.0579. The van der Waals surface area contributed by atoms with Crippen molar-refractivity contribution < 1.29 is 47.7 Å². The molecule has 0 amide bonds. The molecule has 0 heterocycles. The van der Waals surface area contributed by atoms with E-state index in [9.17, 15) is 24.0 Å². The molecule has 4 aliphatic rings. The highest BCUT2D eigenvalue weighted by molar-refractivity contribution is 5.80. The van der Waals surface area contributed by atoms with E-state index in [-0.39, 0.29) is 42.4 Å². The van der Waals surface area contributed by atoms with Crippen LogP contribution in [-0.4, -0.2) is 63.4 Å². The Morgan fingerprint density at radius 2 is 1.27 bits per heavy atom. The maximum Gasteiger partial charge on any atom is 0.344 e. The SMILES string of the molecule is COC(=O)COC(=O)CCC(=O)OC1CCC2(C)C(CCC3C2CCC2(C)C(C(C)CCC(=O)OCC(=O)OC)CCC32)C1. The first kappa shape index (κ1) is 34.2. The summed E-state index contributed by atoms with van der Waals surface area (Å²) in [6, 6.07) is 0. The third-order valence-corrected chi connectivity index (χ3v) is 12.2. The Labute approximate surface area is 261 Å². The lowest BCUT2D eigenvalue weighted by molar-refractivity contribution is -0.165. The number of hydrogen-bond acceptors (Lipinski definition) is 10. The third-order valence-electron chi connectivity index (χ3n) is 12.2. The normalized spacial score (nSPS) is 34.8. The number of esters is 5. The summed E-state index contributed by atoms with van der Waals surface area (Å²) in [4.78, 5) is 59.0. The molecule has 0 bridgehead atoms. The van der Waals surface area contributed by atoms with Crippen LogP contribution in [0.2, 0.25) is 0 Å². The van der Waals surface area contributed by atoms with Gasteiger partial charge in [-0.05, 0) is 111 Å². The smallest absolute Gasteiger partial charge is 0.344 e. The van der Waals surface area contributed by atoms with Gasteiger partial charge in [0.25, 0.3) is 0 Å². The first-order valence-corrected chi connectivity index (χ1v) is 16.6. The third kappa shape index (κ3) is 7.58. The van der Waals surface area contributed by atoms with E-state index in [2.05, 4.69) is 30.2 Å². The molecule has 4 saturated carbocycles. The molecule has 0 saturated heterocycles. The maximum absolute atomic E-state index is 12.5. The second kappa shape index (κ2) is 14.6. The van der Waals surface area contributed by atoms with Crippen molar-refractivity contribution in [3.05, 3.63) is 0 Å². The van der Waals surface area contributed by atoms with Crippen LogP contribution in [0.3, 0.4) is 0 Å². The number of fused-ring (bicyclic) bond motifs is 5. The van der Waals surface area contributed by atoms with E-state index < -0.39 is 30.5 Å². The summed E-state index contributed by atoms with van der Waals surface area (Å²) in [5, 5.41) is 0. The number of rotatable bonds is 12.